The number of nitrogens with one attached hydrogen (secondary N) is 6. The lowest BCUT2D eigenvalue weighted by Crippen LogP contribution is -2.72. The van der Waals surface area contributed by atoms with E-state index in [4.69, 9.17) is 5.73 Å². The number of amides is 2. The van der Waals surface area contributed by atoms with Gasteiger partial charge < -0.3 is 37.2 Å². The summed E-state index contributed by atoms with van der Waals surface area (Å²) in [5.74, 6) is -1.70. The fourth-order valence-corrected chi connectivity index (χ4v) is 4.15. The van der Waals surface area contributed by atoms with Gasteiger partial charge in [-0.3, -0.25) is 20.2 Å². The molecule has 2 amide bonds. The minimum atomic E-state index is -1.19. The Kier molecular flexibility index (Phi) is 8.58. The van der Waals surface area contributed by atoms with Crippen LogP contribution in [0.4, 0.5) is 5.69 Å². The van der Waals surface area contributed by atoms with Gasteiger partial charge in [-0.1, -0.05) is 0 Å². The van der Waals surface area contributed by atoms with E-state index >= 15 is 0 Å². The van der Waals surface area contributed by atoms with Crippen LogP contribution in [-0.4, -0.2) is 72.9 Å². The van der Waals surface area contributed by atoms with E-state index in [0.717, 1.165) is 18.7 Å². The first-order valence-electron chi connectivity index (χ1n) is 11.0. The van der Waals surface area contributed by atoms with Gasteiger partial charge in [0.25, 0.3) is 5.91 Å². The van der Waals surface area contributed by atoms with E-state index in [1.165, 1.54) is 7.05 Å². The molecule has 2 fully saturated rings. The van der Waals surface area contributed by atoms with E-state index in [-0.39, 0.29) is 30.8 Å². The number of aliphatic carboxylic acids is 1. The number of carbonyl (C=O) groups excluding carboxylic acids is 2. The summed E-state index contributed by atoms with van der Waals surface area (Å²) in [5, 5.41) is 37.2. The second kappa shape index (κ2) is 11.4. The SMILES string of the molecule is CNC(=O)CCC(NC(=O)c1ccc(NCC2CNC3NC(N)NC(O)C3C2)cc1)C(=O)O. The van der Waals surface area contributed by atoms with E-state index in [0.29, 0.717) is 18.0 Å². The van der Waals surface area contributed by atoms with Crippen LogP contribution in [0.3, 0.4) is 0 Å². The van der Waals surface area contributed by atoms with Crippen molar-refractivity contribution < 1.29 is 24.6 Å². The third-order valence-electron chi connectivity index (χ3n) is 6.06. The Labute approximate surface area is 192 Å². The Hall–Kier alpha value is -2.77. The van der Waals surface area contributed by atoms with Gasteiger partial charge in [-0.2, -0.15) is 0 Å². The smallest absolute Gasteiger partial charge is 0.326 e. The number of carbonyl (C=O) groups is 3. The molecular formula is C21H33N7O5. The zero-order chi connectivity index (χ0) is 24.0. The quantitative estimate of drug-likeness (QED) is 0.200. The summed E-state index contributed by atoms with van der Waals surface area (Å²) >= 11 is 0. The maximum absolute atomic E-state index is 12.4. The Balaban J connectivity index is 1.48. The molecule has 0 aromatic heterocycles. The number of carboxylic acid groups (broad SMARTS) is 1. The minimum Gasteiger partial charge on any atom is -0.480 e. The molecule has 0 bridgehead atoms. The molecule has 33 heavy (non-hydrogen) atoms. The number of fused-ring (bicyclic) bond motifs is 1. The molecule has 2 aliphatic rings. The summed E-state index contributed by atoms with van der Waals surface area (Å²) in [4.78, 5) is 35.2. The second-order valence-corrected chi connectivity index (χ2v) is 8.44. The average molecular weight is 464 g/mol. The molecule has 12 heteroatoms. The van der Waals surface area contributed by atoms with Gasteiger partial charge >= 0.3 is 5.97 Å². The first-order valence-corrected chi connectivity index (χ1v) is 11.0. The van der Waals surface area contributed by atoms with Gasteiger partial charge in [-0.15, -0.1) is 0 Å². The molecule has 1 aromatic rings. The van der Waals surface area contributed by atoms with Crippen LogP contribution >= 0.6 is 0 Å². The number of piperidine rings is 1. The fraction of sp³-hybridized carbons (Fsp3) is 0.571. The van der Waals surface area contributed by atoms with Crippen LogP contribution in [0, 0.1) is 11.8 Å². The van der Waals surface area contributed by atoms with Gasteiger partial charge in [-0.25, -0.2) is 4.79 Å². The molecule has 10 N–H and O–H groups in total. The molecule has 0 radical (unpaired) electrons. The number of nitrogens with two attached hydrogens (primary N) is 1. The molecule has 6 unspecified atom stereocenters. The van der Waals surface area contributed by atoms with E-state index in [1.807, 2.05) is 0 Å². The van der Waals surface area contributed by atoms with Gasteiger partial charge in [0, 0.05) is 43.7 Å². The predicted octanol–water partition coefficient (Wildman–Crippen LogP) is -1.89. The van der Waals surface area contributed by atoms with Crippen LogP contribution in [0.5, 0.6) is 0 Å². The molecule has 2 saturated heterocycles. The molecule has 0 aliphatic carbocycles. The molecule has 1 aromatic carbocycles. The zero-order valence-electron chi connectivity index (χ0n) is 18.5. The molecule has 2 heterocycles. The standard InChI is InChI=1S/C21H33N7O5/c1-23-16(29)7-6-15(20(32)33)26-18(30)12-2-4-13(5-3-12)24-9-11-8-14-17(25-10-11)27-21(22)28-19(14)31/h2-5,11,14-15,17,19,21,24-25,27-28,31H,6-10,22H2,1H3,(H,23,29)(H,26,30)(H,32,33). The predicted molar refractivity (Wildman–Crippen MR) is 121 cm³/mol. The highest BCUT2D eigenvalue weighted by Crippen LogP contribution is 2.25. The zero-order valence-corrected chi connectivity index (χ0v) is 18.5. The summed E-state index contributed by atoms with van der Waals surface area (Å²) in [6.45, 7) is 1.45. The third-order valence-corrected chi connectivity index (χ3v) is 6.06. The molecular weight excluding hydrogens is 430 g/mol. The van der Waals surface area contributed by atoms with Gasteiger partial charge in [0.2, 0.25) is 5.91 Å². The van der Waals surface area contributed by atoms with Crippen LogP contribution in [0.25, 0.3) is 0 Å². The lowest BCUT2D eigenvalue weighted by atomic mass is 9.85. The number of hydrogen-bond donors (Lipinski definition) is 9. The topological polar surface area (TPSA) is 190 Å². The highest BCUT2D eigenvalue weighted by atomic mass is 16.4. The highest BCUT2D eigenvalue weighted by Gasteiger charge is 2.39. The van der Waals surface area contributed by atoms with Gasteiger partial charge in [0.15, 0.2) is 0 Å². The van der Waals surface area contributed by atoms with E-state index in [1.54, 1.807) is 24.3 Å². The summed E-state index contributed by atoms with van der Waals surface area (Å²) in [6.07, 6.45) is -0.332. The van der Waals surface area contributed by atoms with Crippen molar-refractivity contribution in [3.63, 3.8) is 0 Å². The van der Waals surface area contributed by atoms with E-state index < -0.39 is 30.4 Å². The monoisotopic (exact) mass is 463 g/mol. The average Bonchev–Trinajstić information content (AvgIpc) is 2.80. The minimum absolute atomic E-state index is 0.00186. The first kappa shape index (κ1) is 24.9. The molecule has 2 aliphatic heterocycles. The van der Waals surface area contributed by atoms with Crippen molar-refractivity contribution >= 4 is 23.5 Å². The third kappa shape index (κ3) is 6.85. The van der Waals surface area contributed by atoms with Crippen LogP contribution in [0.2, 0.25) is 0 Å². The van der Waals surface area contributed by atoms with Crippen LogP contribution in [0.1, 0.15) is 29.6 Å². The summed E-state index contributed by atoms with van der Waals surface area (Å²) in [6, 6.07) is 5.59. The van der Waals surface area contributed by atoms with Crippen molar-refractivity contribution in [1.82, 2.24) is 26.6 Å². The lowest BCUT2D eigenvalue weighted by molar-refractivity contribution is -0.139. The molecule has 0 saturated carbocycles. The Morgan fingerprint density at radius 1 is 1.21 bits per heavy atom. The van der Waals surface area contributed by atoms with Crippen molar-refractivity contribution in [2.24, 2.45) is 17.6 Å². The molecule has 182 valence electrons. The molecule has 6 atom stereocenters. The molecule has 12 nitrogen and oxygen atoms in total. The van der Waals surface area contributed by atoms with Crippen LogP contribution in [-0.2, 0) is 9.59 Å². The highest BCUT2D eigenvalue weighted by molar-refractivity contribution is 5.97. The van der Waals surface area contributed by atoms with Gasteiger partial charge in [-0.05, 0) is 43.0 Å². The second-order valence-electron chi connectivity index (χ2n) is 8.44. The number of aliphatic hydroxyl groups is 1. The largest absolute Gasteiger partial charge is 0.480 e. The normalized spacial score (nSPS) is 27.7. The van der Waals surface area contributed by atoms with Gasteiger partial charge in [0.05, 0.1) is 6.17 Å². The number of benzene rings is 1. The maximum atomic E-state index is 12.4. The number of anilines is 1. The number of carboxylic acids is 1. The van der Waals surface area contributed by atoms with Crippen molar-refractivity contribution in [1.29, 1.82) is 0 Å². The van der Waals surface area contributed by atoms with E-state index in [9.17, 15) is 24.6 Å². The molecule has 0 spiro atoms. The van der Waals surface area contributed by atoms with Crippen molar-refractivity contribution in [3.8, 4) is 0 Å². The first-order chi connectivity index (χ1) is 15.8. The van der Waals surface area contributed by atoms with Crippen molar-refractivity contribution in [2.45, 2.75) is 44.0 Å². The number of hydrogen-bond acceptors (Lipinski definition) is 9. The van der Waals surface area contributed by atoms with Crippen molar-refractivity contribution in [2.75, 3.05) is 25.5 Å². The van der Waals surface area contributed by atoms with Crippen LogP contribution in [0.15, 0.2) is 24.3 Å². The van der Waals surface area contributed by atoms with Gasteiger partial charge in [0.1, 0.15) is 18.6 Å². The van der Waals surface area contributed by atoms with Crippen LogP contribution < -0.4 is 37.6 Å². The maximum Gasteiger partial charge on any atom is 0.326 e. The number of aliphatic hydroxyl groups excluding tert-OH is 1. The van der Waals surface area contributed by atoms with Crippen molar-refractivity contribution in [3.05, 3.63) is 29.8 Å². The van der Waals surface area contributed by atoms with E-state index in [2.05, 4.69) is 31.9 Å². The summed E-state index contributed by atoms with van der Waals surface area (Å²) < 4.78 is 0. The summed E-state index contributed by atoms with van der Waals surface area (Å²) in [7, 11) is 1.47. The molecule has 3 rings (SSSR count). The summed E-state index contributed by atoms with van der Waals surface area (Å²) in [5.41, 5.74) is 6.95. The Bertz CT molecular complexity index is 837. The lowest BCUT2D eigenvalue weighted by Gasteiger charge is -2.45. The fourth-order valence-electron chi connectivity index (χ4n) is 4.15. The number of rotatable bonds is 9. The Morgan fingerprint density at radius 2 is 1.94 bits per heavy atom. The Morgan fingerprint density at radius 3 is 2.61 bits per heavy atom.